The minimum atomic E-state index is -4.57. The molecule has 0 fully saturated rings. The van der Waals surface area contributed by atoms with E-state index in [0.29, 0.717) is 30.3 Å². The number of rotatable bonds is 30. The predicted octanol–water partition coefficient (Wildman–Crippen LogP) is 8.28. The molecule has 0 aromatic rings. The minimum absolute atomic E-state index is 0.136. The lowest BCUT2D eigenvalue weighted by Crippen LogP contribution is -2.43. The topological polar surface area (TPSA) is 113 Å². The van der Waals surface area contributed by atoms with Crippen LogP contribution in [-0.2, 0) is 18.4 Å². The molecule has 0 aromatic heterocycles. The van der Waals surface area contributed by atoms with Crippen molar-refractivity contribution in [3.63, 3.8) is 0 Å². The van der Waals surface area contributed by atoms with E-state index in [0.717, 1.165) is 56.1 Å². The monoisotopic (exact) mass is 634 g/mol. The minimum Gasteiger partial charge on any atom is -0.394 e. The van der Waals surface area contributed by atoms with E-state index < -0.39 is 33.2 Å². The summed E-state index contributed by atoms with van der Waals surface area (Å²) in [6.07, 6.45) is 19.2. The molecular formula is C34H69NO7P+. The number of aliphatic hydroxyl groups excluding tert-OH is 2. The van der Waals surface area contributed by atoms with Gasteiger partial charge in [0.2, 0.25) is 0 Å². The van der Waals surface area contributed by atoms with Crippen LogP contribution >= 0.6 is 7.82 Å². The van der Waals surface area contributed by atoms with Crippen LogP contribution in [0.4, 0.5) is 0 Å². The number of carbonyl (C=O) groups is 1. The Kier molecular flexibility index (Phi) is 25.2. The van der Waals surface area contributed by atoms with Crippen molar-refractivity contribution >= 4 is 13.6 Å². The average molecular weight is 635 g/mol. The van der Waals surface area contributed by atoms with Crippen LogP contribution in [0.5, 0.6) is 0 Å². The van der Waals surface area contributed by atoms with Crippen molar-refractivity contribution in [2.24, 2.45) is 0 Å². The van der Waals surface area contributed by atoms with E-state index >= 15 is 0 Å². The van der Waals surface area contributed by atoms with E-state index in [1.54, 1.807) is 0 Å². The molecule has 0 aromatic carbocycles. The van der Waals surface area contributed by atoms with Crippen molar-refractivity contribution in [3.05, 3.63) is 11.1 Å². The van der Waals surface area contributed by atoms with Crippen LogP contribution in [0, 0.1) is 0 Å². The van der Waals surface area contributed by atoms with E-state index in [-0.39, 0.29) is 5.78 Å². The fourth-order valence-electron chi connectivity index (χ4n) is 5.39. The highest BCUT2D eigenvalue weighted by Crippen LogP contribution is 2.47. The molecule has 3 atom stereocenters. The lowest BCUT2D eigenvalue weighted by Gasteiger charge is -2.32. The smallest absolute Gasteiger partial charge is 0.394 e. The number of aliphatic hydroxyl groups is 2. The molecule has 0 rings (SSSR count). The predicted molar refractivity (Wildman–Crippen MR) is 178 cm³/mol. The number of phosphoric acid groups is 1. The summed E-state index contributed by atoms with van der Waals surface area (Å²) >= 11 is 0. The maximum Gasteiger partial charge on any atom is 0.473 e. The molecule has 0 spiro atoms. The van der Waals surface area contributed by atoms with Gasteiger partial charge in [0.15, 0.2) is 5.78 Å². The quantitative estimate of drug-likeness (QED) is 0.0315. The molecule has 3 N–H and O–H groups in total. The molecular weight excluding hydrogens is 565 g/mol. The van der Waals surface area contributed by atoms with Crippen molar-refractivity contribution in [3.8, 4) is 0 Å². The molecule has 256 valence electrons. The first kappa shape index (κ1) is 42.4. The SMILES string of the molecule is CCCCCCCCCCC(=O)C(CCCCCCCCCC)=C(CCC)C(C[N+](C)(C)C)OP(=O)(O)OC[C@H](O)CO. The Labute approximate surface area is 264 Å². The van der Waals surface area contributed by atoms with Crippen molar-refractivity contribution < 1.29 is 38.0 Å². The summed E-state index contributed by atoms with van der Waals surface area (Å²) in [6, 6.07) is 0. The summed E-state index contributed by atoms with van der Waals surface area (Å²) in [4.78, 5) is 24.4. The van der Waals surface area contributed by atoms with Crippen LogP contribution in [0.25, 0.3) is 0 Å². The van der Waals surface area contributed by atoms with Gasteiger partial charge in [-0.15, -0.1) is 0 Å². The normalized spacial score (nSPS) is 15.7. The second-order valence-electron chi connectivity index (χ2n) is 13.3. The second-order valence-corrected chi connectivity index (χ2v) is 14.7. The number of likely N-dealkylation sites (N-methyl/N-ethyl adjacent to an activating group) is 1. The number of unbranched alkanes of at least 4 members (excludes halogenated alkanes) is 14. The number of carbonyl (C=O) groups excluding carboxylic acids is 1. The Hall–Kier alpha value is -0.600. The first-order valence-electron chi connectivity index (χ1n) is 17.4. The highest BCUT2D eigenvalue weighted by Gasteiger charge is 2.35. The summed E-state index contributed by atoms with van der Waals surface area (Å²) in [7, 11) is 1.39. The summed E-state index contributed by atoms with van der Waals surface area (Å²) < 4.78 is 24.3. The van der Waals surface area contributed by atoms with Crippen LogP contribution in [0.1, 0.15) is 149 Å². The molecule has 0 saturated heterocycles. The summed E-state index contributed by atoms with van der Waals surface area (Å²) in [5.41, 5.74) is 1.58. The molecule has 0 radical (unpaired) electrons. The summed E-state index contributed by atoms with van der Waals surface area (Å²) in [6.45, 7) is 5.78. The Balaban J connectivity index is 5.88. The van der Waals surface area contributed by atoms with Gasteiger partial charge in [0, 0.05) is 6.42 Å². The van der Waals surface area contributed by atoms with Crippen LogP contribution in [0.3, 0.4) is 0 Å². The third kappa shape index (κ3) is 23.4. The zero-order valence-electron chi connectivity index (χ0n) is 28.8. The fourth-order valence-corrected chi connectivity index (χ4v) is 6.33. The van der Waals surface area contributed by atoms with Gasteiger partial charge in [-0.3, -0.25) is 13.8 Å². The molecule has 0 aliphatic carbocycles. The fraction of sp³-hybridized carbons (Fsp3) is 0.912. The van der Waals surface area contributed by atoms with Gasteiger partial charge in [0.25, 0.3) is 0 Å². The van der Waals surface area contributed by atoms with Crippen molar-refractivity contribution in [2.45, 2.75) is 161 Å². The lowest BCUT2D eigenvalue weighted by molar-refractivity contribution is -0.872. The Bertz CT molecular complexity index is 781. The van der Waals surface area contributed by atoms with Crippen LogP contribution in [0.15, 0.2) is 11.1 Å². The van der Waals surface area contributed by atoms with Crippen molar-refractivity contribution in [1.29, 1.82) is 0 Å². The highest BCUT2D eigenvalue weighted by molar-refractivity contribution is 7.47. The molecule has 8 nitrogen and oxygen atoms in total. The Morgan fingerprint density at radius 3 is 1.63 bits per heavy atom. The standard InChI is InChI=1S/C34H68NO7P/c1-7-10-12-14-16-18-20-22-25-31(33(38)26-23-21-19-17-15-13-11-8-2)32(24-9-3)34(27-35(4,5)6)42-43(39,40)41-29-30(37)28-36/h30,34,36-37H,7-29H2,1-6H3/p+1/t30-,34?/m1/s1. The van der Waals surface area contributed by atoms with E-state index in [1.165, 1.54) is 64.2 Å². The van der Waals surface area contributed by atoms with Crippen molar-refractivity contribution in [1.82, 2.24) is 0 Å². The third-order valence-electron chi connectivity index (χ3n) is 7.78. The zero-order valence-corrected chi connectivity index (χ0v) is 29.7. The van der Waals surface area contributed by atoms with E-state index in [1.807, 2.05) is 28.1 Å². The molecule has 9 heteroatoms. The van der Waals surface area contributed by atoms with Gasteiger partial charge in [-0.25, -0.2) is 4.57 Å². The van der Waals surface area contributed by atoms with Crippen LogP contribution in [-0.4, -0.2) is 78.5 Å². The summed E-state index contributed by atoms with van der Waals surface area (Å²) in [5.74, 6) is 0.136. The number of hydrogen-bond acceptors (Lipinski definition) is 6. The van der Waals surface area contributed by atoms with Gasteiger partial charge >= 0.3 is 7.82 Å². The van der Waals surface area contributed by atoms with Crippen molar-refractivity contribution in [2.75, 3.05) is 40.9 Å². The highest BCUT2D eigenvalue weighted by atomic mass is 31.2. The van der Waals surface area contributed by atoms with Gasteiger partial charge in [-0.2, -0.15) is 0 Å². The molecule has 0 aliphatic rings. The molecule has 2 unspecified atom stereocenters. The second kappa shape index (κ2) is 25.6. The average Bonchev–Trinajstić information content (AvgIpc) is 2.94. The van der Waals surface area contributed by atoms with Crippen LogP contribution < -0.4 is 0 Å². The van der Waals surface area contributed by atoms with E-state index in [9.17, 15) is 19.4 Å². The number of hydrogen-bond donors (Lipinski definition) is 3. The first-order valence-corrected chi connectivity index (χ1v) is 18.9. The van der Waals surface area contributed by atoms with Gasteiger partial charge in [0.1, 0.15) is 18.8 Å². The zero-order chi connectivity index (χ0) is 32.6. The Morgan fingerprint density at radius 1 is 0.721 bits per heavy atom. The molecule has 0 bridgehead atoms. The molecule has 0 heterocycles. The van der Waals surface area contributed by atoms with Gasteiger partial charge in [-0.1, -0.05) is 117 Å². The Morgan fingerprint density at radius 2 is 1.19 bits per heavy atom. The van der Waals surface area contributed by atoms with Gasteiger partial charge in [0.05, 0.1) is 34.4 Å². The lowest BCUT2D eigenvalue weighted by atomic mass is 9.89. The number of allylic oxidation sites excluding steroid dienone is 1. The molecule has 0 aliphatic heterocycles. The first-order chi connectivity index (χ1) is 20.4. The number of quaternary nitrogens is 1. The number of Topliss-reactive ketones (excluding diaryl/α,β-unsaturated/α-hetero) is 1. The number of phosphoric ester groups is 1. The van der Waals surface area contributed by atoms with Gasteiger partial charge in [-0.05, 0) is 36.8 Å². The molecule has 0 saturated carbocycles. The molecule has 43 heavy (non-hydrogen) atoms. The molecule has 0 amide bonds. The number of ketones is 1. The maximum atomic E-state index is 13.8. The third-order valence-corrected chi connectivity index (χ3v) is 8.78. The van der Waals surface area contributed by atoms with Gasteiger partial charge < -0.3 is 19.6 Å². The summed E-state index contributed by atoms with van der Waals surface area (Å²) in [5, 5.41) is 18.7. The van der Waals surface area contributed by atoms with Crippen LogP contribution in [0.2, 0.25) is 0 Å². The maximum absolute atomic E-state index is 13.8. The van der Waals surface area contributed by atoms with E-state index in [2.05, 4.69) is 13.8 Å². The largest absolute Gasteiger partial charge is 0.473 e. The van der Waals surface area contributed by atoms with E-state index in [4.69, 9.17) is 14.2 Å². The number of nitrogens with zero attached hydrogens (tertiary/aromatic N) is 1.